The molecule has 2 unspecified atom stereocenters. The van der Waals surface area contributed by atoms with Crippen LogP contribution in [0.2, 0.25) is 0 Å². The first-order valence-electron chi connectivity index (χ1n) is 12.1. The van der Waals surface area contributed by atoms with Crippen LogP contribution in [0.1, 0.15) is 55.2 Å². The topological polar surface area (TPSA) is 50.2 Å². The Balaban J connectivity index is 1.50. The Morgan fingerprint density at radius 3 is 2.74 bits per heavy atom. The molecule has 6 rings (SSSR count). The Morgan fingerprint density at radius 2 is 2.03 bits per heavy atom. The van der Waals surface area contributed by atoms with Crippen LogP contribution in [0.15, 0.2) is 42.7 Å². The quantitative estimate of drug-likeness (QED) is 0.505. The fourth-order valence-corrected chi connectivity index (χ4v) is 6.10. The fraction of sp³-hybridized carbons (Fsp3) is 0.407. The summed E-state index contributed by atoms with van der Waals surface area (Å²) >= 11 is 0. The van der Waals surface area contributed by atoms with Crippen LogP contribution in [0.3, 0.4) is 0 Å². The lowest BCUT2D eigenvalue weighted by Gasteiger charge is -2.41. The lowest BCUT2D eigenvalue weighted by Crippen LogP contribution is -2.34. The van der Waals surface area contributed by atoms with Gasteiger partial charge < -0.3 is 10.2 Å². The van der Waals surface area contributed by atoms with Crippen molar-refractivity contribution in [3.63, 3.8) is 0 Å². The summed E-state index contributed by atoms with van der Waals surface area (Å²) in [6.07, 6.45) is 4.72. The molecular formula is C27H28F2N4O. The molecule has 0 bridgehead atoms. The molecule has 3 heterocycles. The van der Waals surface area contributed by atoms with Crippen molar-refractivity contribution in [3.8, 4) is 11.1 Å². The van der Waals surface area contributed by atoms with Crippen LogP contribution in [0, 0.1) is 11.8 Å². The first-order valence-corrected chi connectivity index (χ1v) is 12.1. The Labute approximate surface area is 197 Å². The third-order valence-electron chi connectivity index (χ3n) is 8.01. The number of anilines is 3. The van der Waals surface area contributed by atoms with Gasteiger partial charge in [-0.25, -0.2) is 8.78 Å². The number of hydrogen-bond acceptors (Lipinski definition) is 3. The molecule has 0 spiro atoms. The van der Waals surface area contributed by atoms with Crippen molar-refractivity contribution >= 4 is 23.0 Å². The number of amides is 1. The summed E-state index contributed by atoms with van der Waals surface area (Å²) in [5, 5.41) is 7.33. The first kappa shape index (κ1) is 21.3. The molecule has 1 aliphatic carbocycles. The van der Waals surface area contributed by atoms with Gasteiger partial charge in [0, 0.05) is 59.5 Å². The second-order valence-electron chi connectivity index (χ2n) is 9.89. The number of benzene rings is 2. The van der Waals surface area contributed by atoms with Gasteiger partial charge in [0.1, 0.15) is 0 Å². The molecule has 34 heavy (non-hydrogen) atoms. The maximum Gasteiger partial charge on any atom is 0.264 e. The number of aryl methyl sites for hydroxylation is 2. The Morgan fingerprint density at radius 1 is 1.18 bits per heavy atom. The van der Waals surface area contributed by atoms with E-state index in [4.69, 9.17) is 0 Å². The minimum absolute atomic E-state index is 0.0277. The lowest BCUT2D eigenvalue weighted by atomic mass is 9.64. The number of halogens is 2. The van der Waals surface area contributed by atoms with Crippen molar-refractivity contribution < 1.29 is 13.6 Å². The highest BCUT2D eigenvalue weighted by atomic mass is 19.3. The molecule has 2 aromatic carbocycles. The Kier molecular flexibility index (Phi) is 4.97. The van der Waals surface area contributed by atoms with Gasteiger partial charge in [-0.05, 0) is 72.9 Å². The van der Waals surface area contributed by atoms with Gasteiger partial charge in [-0.3, -0.25) is 9.48 Å². The van der Waals surface area contributed by atoms with Gasteiger partial charge in [0.15, 0.2) is 0 Å². The van der Waals surface area contributed by atoms with Gasteiger partial charge >= 0.3 is 0 Å². The number of alkyl halides is 2. The summed E-state index contributed by atoms with van der Waals surface area (Å²) in [6, 6.07) is 9.63. The van der Waals surface area contributed by atoms with Crippen molar-refractivity contribution in [1.82, 2.24) is 9.78 Å². The molecule has 0 radical (unpaired) electrons. The molecule has 3 atom stereocenters. The predicted molar refractivity (Wildman–Crippen MR) is 129 cm³/mol. The third-order valence-corrected chi connectivity index (χ3v) is 8.01. The number of nitrogens with zero attached hydrogens (tertiary/aromatic N) is 3. The number of rotatable bonds is 3. The summed E-state index contributed by atoms with van der Waals surface area (Å²) < 4.78 is 30.2. The van der Waals surface area contributed by atoms with E-state index in [1.807, 2.05) is 25.1 Å². The minimum Gasteiger partial charge on any atom is -0.341 e. The molecule has 3 aromatic rings. The van der Waals surface area contributed by atoms with Crippen LogP contribution in [0.5, 0.6) is 0 Å². The fourth-order valence-electron chi connectivity index (χ4n) is 6.10. The highest BCUT2D eigenvalue weighted by Gasteiger charge is 2.44. The van der Waals surface area contributed by atoms with Gasteiger partial charge in [-0.15, -0.1) is 0 Å². The summed E-state index contributed by atoms with van der Waals surface area (Å²) in [4.78, 5) is 14.9. The Bertz CT molecular complexity index is 1280. The zero-order valence-electron chi connectivity index (χ0n) is 19.4. The summed E-state index contributed by atoms with van der Waals surface area (Å²) in [7, 11) is 1.79. The van der Waals surface area contributed by atoms with Crippen molar-refractivity contribution in [2.45, 2.75) is 45.0 Å². The summed E-state index contributed by atoms with van der Waals surface area (Å²) in [5.41, 5.74) is 6.29. The van der Waals surface area contributed by atoms with Crippen LogP contribution in [0.25, 0.3) is 11.1 Å². The average molecular weight is 463 g/mol. The zero-order valence-corrected chi connectivity index (χ0v) is 19.4. The van der Waals surface area contributed by atoms with Crippen LogP contribution in [0.4, 0.5) is 25.8 Å². The summed E-state index contributed by atoms with van der Waals surface area (Å²) in [5.74, 6) is 0.692. The van der Waals surface area contributed by atoms with Gasteiger partial charge in [-0.2, -0.15) is 5.10 Å². The average Bonchev–Trinajstić information content (AvgIpc) is 3.21. The molecular weight excluding hydrogens is 434 g/mol. The third kappa shape index (κ3) is 3.24. The van der Waals surface area contributed by atoms with E-state index in [0.717, 1.165) is 54.9 Å². The van der Waals surface area contributed by atoms with E-state index >= 15 is 0 Å². The van der Waals surface area contributed by atoms with Crippen molar-refractivity contribution in [1.29, 1.82) is 0 Å². The molecule has 2 aliphatic heterocycles. The van der Waals surface area contributed by atoms with Gasteiger partial charge in [0.05, 0.1) is 6.20 Å². The van der Waals surface area contributed by atoms with Crippen molar-refractivity contribution in [3.05, 3.63) is 59.4 Å². The SMILES string of the molecule is C[C@@H]1C(=O)Nc2cccc(N3CCCc4cc(-c5cnn(C)c5)c(C(F)F)cc43)c2C2CCC21. The number of hydrogen-bond donors (Lipinski definition) is 1. The standard InChI is InChI=1S/C27H28F2N4O/c1-15-18-8-9-19(18)25-22(31-27(15)34)6-3-7-23(25)33-10-4-5-16-11-20(17-13-30-32(2)14-17)21(26(28)29)12-24(16)33/h3,6-7,11-15,18-19,26H,4-5,8-10H2,1-2H3,(H,31,34)/t15-,18?,19?/m0/s1. The van der Waals surface area contributed by atoms with Crippen molar-refractivity contribution in [2.75, 3.05) is 16.8 Å². The first-order chi connectivity index (χ1) is 16.4. The number of nitrogens with one attached hydrogen (secondary N) is 1. The number of fused-ring (bicyclic) bond motifs is 4. The zero-order chi connectivity index (χ0) is 23.6. The molecule has 176 valence electrons. The molecule has 1 amide bonds. The van der Waals surface area contributed by atoms with Crippen LogP contribution >= 0.6 is 0 Å². The van der Waals surface area contributed by atoms with E-state index in [9.17, 15) is 13.6 Å². The minimum atomic E-state index is -2.59. The van der Waals surface area contributed by atoms with Crippen LogP contribution < -0.4 is 10.2 Å². The predicted octanol–water partition coefficient (Wildman–Crippen LogP) is 6.19. The highest BCUT2D eigenvalue weighted by Crippen LogP contribution is 2.54. The van der Waals surface area contributed by atoms with E-state index in [0.29, 0.717) is 23.0 Å². The smallest absolute Gasteiger partial charge is 0.264 e. The molecule has 1 saturated carbocycles. The number of aromatic nitrogens is 2. The van der Waals surface area contributed by atoms with Gasteiger partial charge in [0.2, 0.25) is 5.91 Å². The van der Waals surface area contributed by atoms with E-state index in [2.05, 4.69) is 21.4 Å². The molecule has 5 nitrogen and oxygen atoms in total. The second kappa shape index (κ2) is 7.93. The highest BCUT2D eigenvalue weighted by molar-refractivity contribution is 5.96. The van der Waals surface area contributed by atoms with Crippen LogP contribution in [-0.4, -0.2) is 22.2 Å². The molecule has 1 fully saturated rings. The number of carbonyl (C=O) groups excluding carboxylic acids is 1. The van der Waals surface area contributed by atoms with Gasteiger partial charge in [-0.1, -0.05) is 13.0 Å². The maximum atomic E-state index is 14.3. The van der Waals surface area contributed by atoms with E-state index in [-0.39, 0.29) is 17.4 Å². The largest absolute Gasteiger partial charge is 0.341 e. The lowest BCUT2D eigenvalue weighted by molar-refractivity contribution is -0.122. The summed E-state index contributed by atoms with van der Waals surface area (Å²) in [6.45, 7) is 2.78. The molecule has 0 saturated heterocycles. The molecule has 1 N–H and O–H groups in total. The van der Waals surface area contributed by atoms with E-state index in [1.54, 1.807) is 30.2 Å². The normalized spacial score (nSPS) is 23.5. The van der Waals surface area contributed by atoms with E-state index < -0.39 is 6.43 Å². The number of carbonyl (C=O) groups is 1. The van der Waals surface area contributed by atoms with E-state index in [1.165, 1.54) is 5.56 Å². The van der Waals surface area contributed by atoms with Gasteiger partial charge in [0.25, 0.3) is 6.43 Å². The second-order valence-corrected chi connectivity index (χ2v) is 9.89. The molecule has 7 heteroatoms. The van der Waals surface area contributed by atoms with Crippen LogP contribution in [-0.2, 0) is 18.3 Å². The molecule has 1 aromatic heterocycles. The molecule has 3 aliphatic rings. The Hall–Kier alpha value is -3.22. The maximum absolute atomic E-state index is 14.3. The monoisotopic (exact) mass is 462 g/mol. The van der Waals surface area contributed by atoms with Crippen molar-refractivity contribution in [2.24, 2.45) is 18.9 Å².